The Bertz CT molecular complexity index is 482. The average molecular weight is 208 g/mol. The minimum atomic E-state index is 0.614. The number of hydrogen-bond donors (Lipinski definition) is 2. The summed E-state index contributed by atoms with van der Waals surface area (Å²) in [6.07, 6.45) is 0. The third kappa shape index (κ3) is 1.52. The van der Waals surface area contributed by atoms with Crippen LogP contribution in [0.2, 0.25) is 5.02 Å². The van der Waals surface area contributed by atoms with Crippen LogP contribution in [0.5, 0.6) is 0 Å². The fourth-order valence-electron chi connectivity index (χ4n) is 1.41. The molecule has 1 aromatic heterocycles. The predicted molar refractivity (Wildman–Crippen MR) is 59.3 cm³/mol. The number of nitrogens with two attached hydrogens (primary N) is 1. The number of nitrogen functional groups attached to an aromatic ring is 1. The molecule has 14 heavy (non-hydrogen) atoms. The van der Waals surface area contributed by atoms with E-state index in [2.05, 4.69) is 10.4 Å². The summed E-state index contributed by atoms with van der Waals surface area (Å²) >= 11 is 6.06. The van der Waals surface area contributed by atoms with Crippen molar-refractivity contribution in [3.05, 3.63) is 34.9 Å². The largest absolute Gasteiger partial charge is 0.308 e. The lowest BCUT2D eigenvalue weighted by atomic mass is 10.1. The highest BCUT2D eigenvalue weighted by molar-refractivity contribution is 6.35. The zero-order chi connectivity index (χ0) is 10.1. The van der Waals surface area contributed by atoms with Crippen LogP contribution in [0.4, 0.5) is 5.82 Å². The maximum absolute atomic E-state index is 6.06. The van der Waals surface area contributed by atoms with Crippen LogP contribution >= 0.6 is 11.6 Å². The summed E-state index contributed by atoms with van der Waals surface area (Å²) in [5, 5.41) is 1.67. The van der Waals surface area contributed by atoms with Crippen LogP contribution in [-0.2, 0) is 0 Å². The number of fused-ring (bicyclic) bond motifs is 1. The molecule has 2 aromatic rings. The summed E-state index contributed by atoms with van der Waals surface area (Å²) in [4.78, 5) is 4.27. The number of pyridine rings is 1. The molecule has 0 atom stereocenters. The van der Waals surface area contributed by atoms with Crippen molar-refractivity contribution in [1.29, 1.82) is 0 Å². The molecular formula is C10H10ClN3. The van der Waals surface area contributed by atoms with E-state index < -0.39 is 0 Å². The van der Waals surface area contributed by atoms with Gasteiger partial charge in [0.05, 0.1) is 10.5 Å². The maximum atomic E-state index is 6.06. The Labute approximate surface area is 86.9 Å². The van der Waals surface area contributed by atoms with Gasteiger partial charge in [-0.2, -0.15) is 0 Å². The van der Waals surface area contributed by atoms with Gasteiger partial charge in [-0.15, -0.1) is 0 Å². The molecule has 0 saturated carbocycles. The Kier molecular flexibility index (Phi) is 2.27. The lowest BCUT2D eigenvalue weighted by Gasteiger charge is -2.04. The van der Waals surface area contributed by atoms with E-state index in [0.717, 1.165) is 16.5 Å². The molecule has 0 bridgehead atoms. The molecule has 0 radical (unpaired) electrons. The number of nitrogens with one attached hydrogen (secondary N) is 1. The Hall–Kier alpha value is -1.32. The van der Waals surface area contributed by atoms with Crippen LogP contribution in [0.3, 0.4) is 0 Å². The Balaban J connectivity index is 2.75. The van der Waals surface area contributed by atoms with Crippen molar-refractivity contribution in [2.24, 2.45) is 5.84 Å². The van der Waals surface area contributed by atoms with Gasteiger partial charge < -0.3 is 5.43 Å². The minimum absolute atomic E-state index is 0.614. The molecule has 1 aromatic carbocycles. The summed E-state index contributed by atoms with van der Waals surface area (Å²) < 4.78 is 0. The summed E-state index contributed by atoms with van der Waals surface area (Å²) in [6.45, 7) is 2.00. The smallest absolute Gasteiger partial charge is 0.140 e. The molecule has 0 spiro atoms. The van der Waals surface area contributed by atoms with Crippen LogP contribution in [0.15, 0.2) is 24.3 Å². The molecule has 3 N–H and O–H groups in total. The Morgan fingerprint density at radius 2 is 2.14 bits per heavy atom. The van der Waals surface area contributed by atoms with Crippen LogP contribution < -0.4 is 11.3 Å². The van der Waals surface area contributed by atoms with E-state index in [4.69, 9.17) is 17.4 Å². The van der Waals surface area contributed by atoms with Crippen molar-refractivity contribution in [3.63, 3.8) is 0 Å². The van der Waals surface area contributed by atoms with Crippen LogP contribution in [0, 0.1) is 6.92 Å². The van der Waals surface area contributed by atoms with Gasteiger partial charge in [-0.25, -0.2) is 10.8 Å². The summed E-state index contributed by atoms with van der Waals surface area (Å²) in [6, 6.07) is 7.68. The van der Waals surface area contributed by atoms with Crippen molar-refractivity contribution < 1.29 is 0 Å². The first-order valence-electron chi connectivity index (χ1n) is 4.24. The number of hydrogen-bond acceptors (Lipinski definition) is 3. The lowest BCUT2D eigenvalue weighted by Crippen LogP contribution is -2.08. The fraction of sp³-hybridized carbons (Fsp3) is 0.100. The second kappa shape index (κ2) is 3.44. The highest BCUT2D eigenvalue weighted by Gasteiger charge is 2.02. The third-order valence-electron chi connectivity index (χ3n) is 2.04. The monoisotopic (exact) mass is 207 g/mol. The van der Waals surface area contributed by atoms with Crippen molar-refractivity contribution >= 4 is 28.3 Å². The number of anilines is 1. The minimum Gasteiger partial charge on any atom is -0.308 e. The molecule has 3 nitrogen and oxygen atoms in total. The van der Waals surface area contributed by atoms with Gasteiger partial charge in [0.2, 0.25) is 0 Å². The zero-order valence-electron chi connectivity index (χ0n) is 7.71. The first-order valence-corrected chi connectivity index (χ1v) is 4.62. The Morgan fingerprint density at radius 3 is 2.86 bits per heavy atom. The van der Waals surface area contributed by atoms with Gasteiger partial charge in [-0.3, -0.25) is 0 Å². The Morgan fingerprint density at radius 1 is 1.36 bits per heavy atom. The fourth-order valence-corrected chi connectivity index (χ4v) is 1.74. The standard InChI is InChI=1S/C10H10ClN3/c1-6-4-7-2-3-9(14-12)13-10(7)8(11)5-6/h2-5H,12H2,1H3,(H,13,14). The van der Waals surface area contributed by atoms with Gasteiger partial charge in [-0.05, 0) is 36.8 Å². The van der Waals surface area contributed by atoms with E-state index in [-0.39, 0.29) is 0 Å². The molecule has 0 fully saturated rings. The third-order valence-corrected chi connectivity index (χ3v) is 2.33. The van der Waals surface area contributed by atoms with Gasteiger partial charge in [0.25, 0.3) is 0 Å². The van der Waals surface area contributed by atoms with Gasteiger partial charge in [-0.1, -0.05) is 11.6 Å². The molecule has 1 heterocycles. The van der Waals surface area contributed by atoms with E-state index >= 15 is 0 Å². The first kappa shape index (κ1) is 9.24. The van der Waals surface area contributed by atoms with E-state index in [1.807, 2.05) is 31.2 Å². The van der Waals surface area contributed by atoms with E-state index in [0.29, 0.717) is 10.8 Å². The molecule has 4 heteroatoms. The van der Waals surface area contributed by atoms with Gasteiger partial charge in [0.15, 0.2) is 0 Å². The lowest BCUT2D eigenvalue weighted by molar-refractivity contribution is 1.26. The van der Waals surface area contributed by atoms with Gasteiger partial charge in [0, 0.05) is 5.39 Å². The number of hydrazine groups is 1. The summed E-state index contributed by atoms with van der Waals surface area (Å²) in [5.74, 6) is 5.88. The second-order valence-electron chi connectivity index (χ2n) is 3.16. The number of aryl methyl sites for hydroxylation is 1. The first-order chi connectivity index (χ1) is 6.70. The molecule has 72 valence electrons. The van der Waals surface area contributed by atoms with Crippen molar-refractivity contribution in [3.8, 4) is 0 Å². The molecule has 0 aliphatic heterocycles. The van der Waals surface area contributed by atoms with Crippen molar-refractivity contribution in [1.82, 2.24) is 4.98 Å². The van der Waals surface area contributed by atoms with Gasteiger partial charge in [0.1, 0.15) is 5.82 Å². The zero-order valence-corrected chi connectivity index (χ0v) is 8.47. The predicted octanol–water partition coefficient (Wildman–Crippen LogP) is 2.48. The number of nitrogens with zero attached hydrogens (tertiary/aromatic N) is 1. The van der Waals surface area contributed by atoms with Crippen LogP contribution in [-0.4, -0.2) is 4.98 Å². The maximum Gasteiger partial charge on any atom is 0.140 e. The number of benzene rings is 1. The number of rotatable bonds is 1. The van der Waals surface area contributed by atoms with Crippen molar-refractivity contribution in [2.75, 3.05) is 5.43 Å². The molecule has 2 rings (SSSR count). The molecule has 0 unspecified atom stereocenters. The second-order valence-corrected chi connectivity index (χ2v) is 3.57. The molecule has 0 amide bonds. The van der Waals surface area contributed by atoms with E-state index in [1.54, 1.807) is 0 Å². The van der Waals surface area contributed by atoms with Gasteiger partial charge >= 0.3 is 0 Å². The SMILES string of the molecule is Cc1cc(Cl)c2nc(NN)ccc2c1. The molecule has 0 aliphatic rings. The van der Waals surface area contributed by atoms with Crippen LogP contribution in [0.25, 0.3) is 10.9 Å². The quantitative estimate of drug-likeness (QED) is 0.558. The number of aromatic nitrogens is 1. The molecular weight excluding hydrogens is 198 g/mol. The van der Waals surface area contributed by atoms with Crippen molar-refractivity contribution in [2.45, 2.75) is 6.92 Å². The highest BCUT2D eigenvalue weighted by atomic mass is 35.5. The van der Waals surface area contributed by atoms with E-state index in [1.165, 1.54) is 0 Å². The molecule has 0 aliphatic carbocycles. The average Bonchev–Trinajstić information content (AvgIpc) is 2.17. The topological polar surface area (TPSA) is 50.9 Å². The number of halogens is 1. The normalized spacial score (nSPS) is 10.5. The van der Waals surface area contributed by atoms with Crippen LogP contribution in [0.1, 0.15) is 5.56 Å². The highest BCUT2D eigenvalue weighted by Crippen LogP contribution is 2.24. The summed E-state index contributed by atoms with van der Waals surface area (Å²) in [5.41, 5.74) is 4.39. The van der Waals surface area contributed by atoms with E-state index in [9.17, 15) is 0 Å². The molecule has 0 saturated heterocycles. The summed E-state index contributed by atoms with van der Waals surface area (Å²) in [7, 11) is 0.